The van der Waals surface area contributed by atoms with Crippen molar-refractivity contribution in [3.63, 3.8) is 0 Å². The molecule has 1 aromatic heterocycles. The van der Waals surface area contributed by atoms with E-state index in [1.165, 1.54) is 12.8 Å². The van der Waals surface area contributed by atoms with Crippen LogP contribution in [0.3, 0.4) is 0 Å². The van der Waals surface area contributed by atoms with Gasteiger partial charge in [0.25, 0.3) is 0 Å². The Labute approximate surface area is 114 Å². The number of rotatable bonds is 3. The Balaban J connectivity index is 2.02. The van der Waals surface area contributed by atoms with Crippen molar-refractivity contribution in [1.82, 2.24) is 15.3 Å². The summed E-state index contributed by atoms with van der Waals surface area (Å²) in [6.45, 7) is 8.28. The molecule has 0 aliphatic carbocycles. The first-order valence-electron chi connectivity index (χ1n) is 6.74. The fourth-order valence-electron chi connectivity index (χ4n) is 2.52. The lowest BCUT2D eigenvalue weighted by atomic mass is 9.77. The first-order valence-corrected chi connectivity index (χ1v) is 6.74. The van der Waals surface area contributed by atoms with E-state index < -0.39 is 0 Å². The molecule has 102 valence electrons. The number of nitrogens with one attached hydrogen (secondary N) is 2. The molecule has 1 fully saturated rings. The fraction of sp³-hybridized carbons (Fsp3) is 0.643. The highest BCUT2D eigenvalue weighted by molar-refractivity contribution is 5.33. The molecule has 1 unspecified atom stereocenters. The molecule has 2 heterocycles. The summed E-state index contributed by atoms with van der Waals surface area (Å²) in [6.07, 6.45) is 2.45. The summed E-state index contributed by atoms with van der Waals surface area (Å²) in [6, 6.07) is 4.14. The van der Waals surface area contributed by atoms with E-state index in [1.54, 1.807) is 6.07 Å². The van der Waals surface area contributed by atoms with E-state index in [1.807, 2.05) is 6.92 Å². The quantitative estimate of drug-likeness (QED) is 0.866. The number of anilines is 1. The average molecular weight is 259 g/mol. The second-order valence-electron chi connectivity index (χ2n) is 5.81. The van der Waals surface area contributed by atoms with Crippen molar-refractivity contribution in [1.29, 1.82) is 5.26 Å². The Morgan fingerprint density at radius 2 is 2.32 bits per heavy atom. The molecule has 1 aliphatic rings. The van der Waals surface area contributed by atoms with Crippen LogP contribution in [0.25, 0.3) is 0 Å². The Morgan fingerprint density at radius 3 is 3.00 bits per heavy atom. The first kappa shape index (κ1) is 13.8. The van der Waals surface area contributed by atoms with Gasteiger partial charge in [0.1, 0.15) is 11.8 Å². The third kappa shape index (κ3) is 3.42. The number of aryl methyl sites for hydroxylation is 1. The number of piperidine rings is 1. The molecule has 1 aromatic rings. The van der Waals surface area contributed by atoms with Gasteiger partial charge in [-0.3, -0.25) is 0 Å². The van der Waals surface area contributed by atoms with Gasteiger partial charge in [0.05, 0.1) is 0 Å². The molecule has 0 aromatic carbocycles. The summed E-state index contributed by atoms with van der Waals surface area (Å²) in [5.74, 6) is 0.541. The Hall–Kier alpha value is -1.67. The molecule has 2 rings (SSSR count). The van der Waals surface area contributed by atoms with Gasteiger partial charge in [-0.2, -0.15) is 5.26 Å². The lowest BCUT2D eigenvalue weighted by molar-refractivity contribution is 0.188. The fourth-order valence-corrected chi connectivity index (χ4v) is 2.52. The van der Waals surface area contributed by atoms with Crippen molar-refractivity contribution in [2.75, 3.05) is 18.4 Å². The van der Waals surface area contributed by atoms with Crippen molar-refractivity contribution in [2.45, 2.75) is 39.7 Å². The SMILES string of the molecule is Cc1cc(C#N)nc(NCC2NCCCC2(C)C)n1. The van der Waals surface area contributed by atoms with Gasteiger partial charge in [-0.1, -0.05) is 13.8 Å². The zero-order valence-corrected chi connectivity index (χ0v) is 11.8. The maximum atomic E-state index is 8.91. The van der Waals surface area contributed by atoms with Gasteiger partial charge in [-0.05, 0) is 37.8 Å². The number of hydrogen-bond donors (Lipinski definition) is 2. The topological polar surface area (TPSA) is 73.6 Å². The number of nitriles is 1. The van der Waals surface area contributed by atoms with E-state index in [4.69, 9.17) is 5.26 Å². The molecule has 1 saturated heterocycles. The third-order valence-electron chi connectivity index (χ3n) is 3.77. The predicted octanol–water partition coefficient (Wildman–Crippen LogP) is 1.85. The number of hydrogen-bond acceptors (Lipinski definition) is 5. The van der Waals surface area contributed by atoms with Gasteiger partial charge < -0.3 is 10.6 Å². The van der Waals surface area contributed by atoms with Crippen LogP contribution in [-0.2, 0) is 0 Å². The summed E-state index contributed by atoms with van der Waals surface area (Å²) in [5, 5.41) is 15.7. The highest BCUT2D eigenvalue weighted by atomic mass is 15.1. The van der Waals surface area contributed by atoms with E-state index >= 15 is 0 Å². The predicted molar refractivity (Wildman–Crippen MR) is 74.8 cm³/mol. The highest BCUT2D eigenvalue weighted by Crippen LogP contribution is 2.29. The van der Waals surface area contributed by atoms with Gasteiger partial charge >= 0.3 is 0 Å². The van der Waals surface area contributed by atoms with Gasteiger partial charge in [0, 0.05) is 18.3 Å². The highest BCUT2D eigenvalue weighted by Gasteiger charge is 2.31. The van der Waals surface area contributed by atoms with E-state index in [-0.39, 0.29) is 5.41 Å². The zero-order chi connectivity index (χ0) is 13.9. The average Bonchev–Trinajstić information content (AvgIpc) is 2.36. The molecule has 0 amide bonds. The molecule has 19 heavy (non-hydrogen) atoms. The van der Waals surface area contributed by atoms with Crippen molar-refractivity contribution >= 4 is 5.95 Å². The summed E-state index contributed by atoms with van der Waals surface area (Å²) in [5.41, 5.74) is 1.49. The van der Waals surface area contributed by atoms with Crippen LogP contribution < -0.4 is 10.6 Å². The van der Waals surface area contributed by atoms with E-state index in [0.29, 0.717) is 17.7 Å². The Morgan fingerprint density at radius 1 is 1.53 bits per heavy atom. The normalized spacial score (nSPS) is 21.7. The van der Waals surface area contributed by atoms with Crippen LogP contribution in [-0.4, -0.2) is 29.1 Å². The summed E-state index contributed by atoms with van der Waals surface area (Å²) in [4.78, 5) is 8.49. The molecular formula is C14H21N5. The first-order chi connectivity index (χ1) is 9.01. The second-order valence-corrected chi connectivity index (χ2v) is 5.81. The largest absolute Gasteiger partial charge is 0.353 e. The van der Waals surface area contributed by atoms with Gasteiger partial charge in [0.15, 0.2) is 0 Å². The van der Waals surface area contributed by atoms with Crippen LogP contribution in [0.1, 0.15) is 38.1 Å². The lowest BCUT2D eigenvalue weighted by Gasteiger charge is -2.39. The van der Waals surface area contributed by atoms with Crippen molar-refractivity contribution in [2.24, 2.45) is 5.41 Å². The van der Waals surface area contributed by atoms with Crippen LogP contribution in [0, 0.1) is 23.7 Å². The summed E-state index contributed by atoms with van der Waals surface area (Å²) in [7, 11) is 0. The molecule has 0 saturated carbocycles. The summed E-state index contributed by atoms with van der Waals surface area (Å²) < 4.78 is 0. The molecule has 5 nitrogen and oxygen atoms in total. The number of nitrogens with zero attached hydrogens (tertiary/aromatic N) is 3. The van der Waals surface area contributed by atoms with Gasteiger partial charge in [-0.25, -0.2) is 9.97 Å². The van der Waals surface area contributed by atoms with E-state index in [2.05, 4.69) is 40.5 Å². The smallest absolute Gasteiger partial charge is 0.224 e. The minimum absolute atomic E-state index is 0.271. The van der Waals surface area contributed by atoms with E-state index in [9.17, 15) is 0 Å². The standard InChI is InChI=1S/C14H21N5/c1-10-7-11(8-15)19-13(18-10)17-9-12-14(2,3)5-4-6-16-12/h7,12,16H,4-6,9H2,1-3H3,(H,17,18,19). The Kier molecular flexibility index (Phi) is 4.01. The van der Waals surface area contributed by atoms with Crippen molar-refractivity contribution in [3.05, 3.63) is 17.5 Å². The maximum Gasteiger partial charge on any atom is 0.224 e. The van der Waals surface area contributed by atoms with Crippen LogP contribution in [0.15, 0.2) is 6.07 Å². The van der Waals surface area contributed by atoms with Crippen LogP contribution in [0.4, 0.5) is 5.95 Å². The van der Waals surface area contributed by atoms with E-state index in [0.717, 1.165) is 18.8 Å². The minimum Gasteiger partial charge on any atom is -0.353 e. The van der Waals surface area contributed by atoms with Crippen LogP contribution in [0.5, 0.6) is 0 Å². The third-order valence-corrected chi connectivity index (χ3v) is 3.77. The zero-order valence-electron chi connectivity index (χ0n) is 11.8. The monoisotopic (exact) mass is 259 g/mol. The van der Waals surface area contributed by atoms with Gasteiger partial charge in [-0.15, -0.1) is 0 Å². The van der Waals surface area contributed by atoms with Crippen molar-refractivity contribution in [3.8, 4) is 6.07 Å². The minimum atomic E-state index is 0.271. The maximum absolute atomic E-state index is 8.91. The van der Waals surface area contributed by atoms with Crippen LogP contribution in [0.2, 0.25) is 0 Å². The molecular weight excluding hydrogens is 238 g/mol. The lowest BCUT2D eigenvalue weighted by Crippen LogP contribution is -2.50. The second kappa shape index (κ2) is 5.54. The van der Waals surface area contributed by atoms with Crippen LogP contribution >= 0.6 is 0 Å². The molecule has 1 aliphatic heterocycles. The van der Waals surface area contributed by atoms with Gasteiger partial charge in [0.2, 0.25) is 5.95 Å². The molecule has 0 radical (unpaired) electrons. The molecule has 1 atom stereocenters. The van der Waals surface area contributed by atoms with Crippen molar-refractivity contribution < 1.29 is 0 Å². The molecule has 2 N–H and O–H groups in total. The number of aromatic nitrogens is 2. The molecule has 5 heteroatoms. The molecule has 0 spiro atoms. The Bertz CT molecular complexity index is 489. The molecule has 0 bridgehead atoms. The summed E-state index contributed by atoms with van der Waals surface area (Å²) >= 11 is 0.